The van der Waals surface area contributed by atoms with Crippen LogP contribution in [0.2, 0.25) is 0 Å². The number of rotatable bonds is 3. The molecule has 14 heavy (non-hydrogen) atoms. The number of nitrogens with two attached hydrogens (primary N) is 1. The van der Waals surface area contributed by atoms with Crippen LogP contribution >= 0.6 is 0 Å². The van der Waals surface area contributed by atoms with Gasteiger partial charge in [0, 0.05) is 0 Å². The van der Waals surface area contributed by atoms with Crippen LogP contribution in [0, 0.1) is 0 Å². The summed E-state index contributed by atoms with van der Waals surface area (Å²) < 4.78 is 13.3. The van der Waals surface area contributed by atoms with Gasteiger partial charge >= 0.3 is 0 Å². The molecule has 0 saturated heterocycles. The van der Waals surface area contributed by atoms with Gasteiger partial charge in [-0.05, 0) is 24.5 Å². The summed E-state index contributed by atoms with van der Waals surface area (Å²) in [6, 6.07) is 9.24. The summed E-state index contributed by atoms with van der Waals surface area (Å²) in [5.41, 5.74) is 7.49. The highest BCUT2D eigenvalue weighted by Crippen LogP contribution is 2.23. The molecular weight excluding hydrogens is 177 g/mol. The van der Waals surface area contributed by atoms with Crippen molar-refractivity contribution in [3.05, 3.63) is 47.3 Å². The van der Waals surface area contributed by atoms with Gasteiger partial charge in [0.05, 0.1) is 6.04 Å². The van der Waals surface area contributed by atoms with Gasteiger partial charge in [0.1, 0.15) is 5.83 Å². The second kappa shape index (κ2) is 4.91. The third-order valence-electron chi connectivity index (χ3n) is 2.36. The first-order valence-corrected chi connectivity index (χ1v) is 4.82. The molecule has 2 N–H and O–H groups in total. The number of halogens is 1. The van der Waals surface area contributed by atoms with E-state index >= 15 is 0 Å². The maximum Gasteiger partial charge on any atom is 0.100 e. The van der Waals surface area contributed by atoms with Crippen LogP contribution < -0.4 is 5.73 Å². The minimum Gasteiger partial charge on any atom is -0.320 e. The molecule has 0 aliphatic heterocycles. The van der Waals surface area contributed by atoms with Crippen molar-refractivity contribution < 1.29 is 4.39 Å². The Morgan fingerprint density at radius 1 is 1.36 bits per heavy atom. The summed E-state index contributed by atoms with van der Waals surface area (Å²) in [6.07, 6.45) is 0.409. The van der Waals surface area contributed by atoms with Crippen molar-refractivity contribution in [2.45, 2.75) is 26.3 Å². The fraction of sp³-hybridized carbons (Fsp3) is 0.333. The molecule has 1 rings (SSSR count). The van der Waals surface area contributed by atoms with Crippen LogP contribution in [0.25, 0.3) is 0 Å². The highest BCUT2D eigenvalue weighted by molar-refractivity contribution is 5.27. The number of hydrogen-bond acceptors (Lipinski definition) is 1. The van der Waals surface area contributed by atoms with E-state index in [4.69, 9.17) is 5.73 Å². The molecule has 0 spiro atoms. The Balaban J connectivity index is 2.91. The summed E-state index contributed by atoms with van der Waals surface area (Å²) in [5, 5.41) is 0. The molecule has 0 aliphatic rings. The molecule has 0 aromatic heterocycles. The normalized spacial score (nSPS) is 14.9. The zero-order valence-electron chi connectivity index (χ0n) is 8.63. The predicted molar refractivity (Wildman–Crippen MR) is 57.5 cm³/mol. The minimum absolute atomic E-state index is 0.110. The number of benzene rings is 1. The lowest BCUT2D eigenvalue weighted by molar-refractivity contribution is 0.576. The molecule has 76 valence electrons. The molecule has 0 amide bonds. The topological polar surface area (TPSA) is 26.0 Å². The Morgan fingerprint density at radius 3 is 2.43 bits per heavy atom. The molecular formula is C12H16FN. The van der Waals surface area contributed by atoms with Crippen molar-refractivity contribution in [3.63, 3.8) is 0 Å². The molecule has 0 aliphatic carbocycles. The van der Waals surface area contributed by atoms with Crippen LogP contribution in [0.15, 0.2) is 41.7 Å². The molecule has 0 fully saturated rings. The van der Waals surface area contributed by atoms with E-state index in [9.17, 15) is 4.39 Å². The smallest absolute Gasteiger partial charge is 0.100 e. The number of hydrogen-bond donors (Lipinski definition) is 1. The first-order valence-electron chi connectivity index (χ1n) is 4.82. The summed E-state index contributed by atoms with van der Waals surface area (Å²) in [7, 11) is 0. The predicted octanol–water partition coefficient (Wildman–Crippen LogP) is 3.34. The average Bonchev–Trinajstić information content (AvgIpc) is 2.27. The van der Waals surface area contributed by atoms with E-state index in [1.165, 1.54) is 0 Å². The summed E-state index contributed by atoms with van der Waals surface area (Å²) in [4.78, 5) is 0. The van der Waals surface area contributed by atoms with Gasteiger partial charge in [-0.2, -0.15) is 0 Å². The van der Waals surface area contributed by atoms with Gasteiger partial charge in [-0.15, -0.1) is 0 Å². The second-order valence-electron chi connectivity index (χ2n) is 3.33. The van der Waals surface area contributed by atoms with E-state index in [1.54, 1.807) is 13.8 Å². The maximum absolute atomic E-state index is 13.3. The van der Waals surface area contributed by atoms with Gasteiger partial charge in [-0.1, -0.05) is 37.3 Å². The molecule has 0 unspecified atom stereocenters. The van der Waals surface area contributed by atoms with Crippen LogP contribution in [0.5, 0.6) is 0 Å². The van der Waals surface area contributed by atoms with Crippen LogP contribution in [-0.2, 0) is 0 Å². The van der Waals surface area contributed by atoms with Gasteiger partial charge < -0.3 is 5.73 Å². The molecule has 2 heteroatoms. The van der Waals surface area contributed by atoms with Gasteiger partial charge in [0.15, 0.2) is 0 Å². The summed E-state index contributed by atoms with van der Waals surface area (Å²) in [5.74, 6) is -0.110. The van der Waals surface area contributed by atoms with E-state index in [1.807, 2.05) is 30.3 Å². The number of allylic oxidation sites excluding steroid dienone is 1. The van der Waals surface area contributed by atoms with E-state index in [-0.39, 0.29) is 11.9 Å². The maximum atomic E-state index is 13.3. The molecule has 1 atom stereocenters. The van der Waals surface area contributed by atoms with Gasteiger partial charge in [-0.3, -0.25) is 0 Å². The zero-order valence-corrected chi connectivity index (χ0v) is 8.63. The van der Waals surface area contributed by atoms with Crippen molar-refractivity contribution in [1.82, 2.24) is 0 Å². The third-order valence-corrected chi connectivity index (χ3v) is 2.36. The van der Waals surface area contributed by atoms with Crippen molar-refractivity contribution in [3.8, 4) is 0 Å². The quantitative estimate of drug-likeness (QED) is 0.782. The average molecular weight is 193 g/mol. The van der Waals surface area contributed by atoms with Crippen LogP contribution in [-0.4, -0.2) is 0 Å². The third kappa shape index (κ3) is 2.42. The fourth-order valence-electron chi connectivity index (χ4n) is 1.36. The summed E-state index contributed by atoms with van der Waals surface area (Å²) >= 11 is 0. The van der Waals surface area contributed by atoms with Crippen molar-refractivity contribution in [2.75, 3.05) is 0 Å². The fourth-order valence-corrected chi connectivity index (χ4v) is 1.36. The lowest BCUT2D eigenvalue weighted by Gasteiger charge is -2.13. The monoisotopic (exact) mass is 193 g/mol. The Morgan fingerprint density at radius 2 is 1.93 bits per heavy atom. The van der Waals surface area contributed by atoms with Gasteiger partial charge in [0.25, 0.3) is 0 Å². The lowest BCUT2D eigenvalue weighted by Crippen LogP contribution is -2.12. The molecule has 0 saturated carbocycles. The molecule has 0 heterocycles. The lowest BCUT2D eigenvalue weighted by atomic mass is 10.00. The van der Waals surface area contributed by atoms with Crippen molar-refractivity contribution in [2.24, 2.45) is 5.73 Å². The highest BCUT2D eigenvalue weighted by Gasteiger charge is 2.10. The van der Waals surface area contributed by atoms with Gasteiger partial charge in [-0.25, -0.2) is 4.39 Å². The Bertz CT molecular complexity index is 316. The summed E-state index contributed by atoms with van der Waals surface area (Å²) in [6.45, 7) is 3.53. The highest BCUT2D eigenvalue weighted by atomic mass is 19.1. The molecule has 0 radical (unpaired) electrons. The van der Waals surface area contributed by atoms with Crippen LogP contribution in [0.1, 0.15) is 31.9 Å². The SMILES string of the molecule is CC/C(F)=C(/C)[C@H](N)c1ccccc1. The minimum atomic E-state index is -0.323. The first kappa shape index (κ1) is 10.9. The Kier molecular flexibility index (Phi) is 3.84. The van der Waals surface area contributed by atoms with E-state index in [0.29, 0.717) is 12.0 Å². The second-order valence-corrected chi connectivity index (χ2v) is 3.33. The van der Waals surface area contributed by atoms with E-state index < -0.39 is 0 Å². The Hall–Kier alpha value is -1.15. The molecule has 1 aromatic rings. The van der Waals surface area contributed by atoms with Crippen LogP contribution in [0.3, 0.4) is 0 Å². The Labute approximate surface area is 84.4 Å². The molecule has 0 bridgehead atoms. The molecule has 1 nitrogen and oxygen atoms in total. The first-order chi connectivity index (χ1) is 6.66. The zero-order chi connectivity index (χ0) is 10.6. The van der Waals surface area contributed by atoms with E-state index in [0.717, 1.165) is 5.56 Å². The van der Waals surface area contributed by atoms with Gasteiger partial charge in [0.2, 0.25) is 0 Å². The van der Waals surface area contributed by atoms with Crippen molar-refractivity contribution in [1.29, 1.82) is 0 Å². The van der Waals surface area contributed by atoms with Crippen molar-refractivity contribution >= 4 is 0 Å². The standard InChI is InChI=1S/C12H16FN/c1-3-11(13)9(2)12(14)10-7-5-4-6-8-10/h4-8,12H,3,14H2,1-2H3/b11-9+/t12-/m0/s1. The molecule has 1 aromatic carbocycles. The van der Waals surface area contributed by atoms with E-state index in [2.05, 4.69) is 0 Å². The largest absolute Gasteiger partial charge is 0.320 e. The van der Waals surface area contributed by atoms with Crippen LogP contribution in [0.4, 0.5) is 4.39 Å².